The van der Waals surface area contributed by atoms with E-state index in [-0.39, 0.29) is 11.0 Å². The molecule has 7 rings (SSSR count). The molecule has 3 heterocycles. The summed E-state index contributed by atoms with van der Waals surface area (Å²) < 4.78 is 2.02. The van der Waals surface area contributed by atoms with E-state index in [9.17, 15) is 9.59 Å². The largest absolute Gasteiger partial charge is 0.334 e. The number of benzene rings is 1. The van der Waals surface area contributed by atoms with Crippen LogP contribution < -0.4 is 5.56 Å². The van der Waals surface area contributed by atoms with Crippen LogP contribution in [0.3, 0.4) is 0 Å². The molecule has 0 atom stereocenters. The predicted octanol–water partition coefficient (Wildman–Crippen LogP) is 2.49. The number of rotatable bonds is 3. The molecule has 3 aromatic rings. The molecule has 0 unspecified atom stereocenters. The van der Waals surface area contributed by atoms with Crippen LogP contribution in [-0.2, 0) is 24.3 Å². The maximum Gasteiger partial charge on any atom is 0.272 e. The van der Waals surface area contributed by atoms with Crippen LogP contribution in [0.15, 0.2) is 29.2 Å². The third-order valence-corrected chi connectivity index (χ3v) is 7.16. The van der Waals surface area contributed by atoms with Crippen molar-refractivity contribution in [3.8, 4) is 11.1 Å². The van der Waals surface area contributed by atoms with Crippen molar-refractivity contribution in [1.82, 2.24) is 24.9 Å². The first-order valence-corrected chi connectivity index (χ1v) is 10.4. The van der Waals surface area contributed by atoms with Crippen LogP contribution in [0.1, 0.15) is 37.6 Å². The Morgan fingerprint density at radius 2 is 2.07 bits per heavy atom. The molecule has 7 heteroatoms. The maximum absolute atomic E-state index is 13.1. The van der Waals surface area contributed by atoms with E-state index in [0.29, 0.717) is 17.8 Å². The number of aromatic amines is 1. The van der Waals surface area contributed by atoms with Gasteiger partial charge >= 0.3 is 0 Å². The third-order valence-electron chi connectivity index (χ3n) is 7.16. The predicted molar refractivity (Wildman–Crippen MR) is 108 cm³/mol. The molecule has 2 aromatic heterocycles. The minimum absolute atomic E-state index is 0.0430. The number of hydrogen-bond acceptors (Lipinski definition) is 4. The second-order valence-electron chi connectivity index (χ2n) is 8.83. The molecule has 1 aromatic carbocycles. The molecule has 1 N–H and O–H groups in total. The Labute approximate surface area is 167 Å². The summed E-state index contributed by atoms with van der Waals surface area (Å²) in [4.78, 5) is 27.2. The average molecular weight is 389 g/mol. The van der Waals surface area contributed by atoms with E-state index < -0.39 is 0 Å². The van der Waals surface area contributed by atoms with Crippen LogP contribution >= 0.6 is 0 Å². The monoisotopic (exact) mass is 389 g/mol. The van der Waals surface area contributed by atoms with Crippen LogP contribution in [0, 0.1) is 11.3 Å². The highest BCUT2D eigenvalue weighted by molar-refractivity contribution is 5.89. The van der Waals surface area contributed by atoms with Crippen LogP contribution in [-0.4, -0.2) is 37.3 Å². The second-order valence-corrected chi connectivity index (χ2v) is 8.83. The summed E-state index contributed by atoms with van der Waals surface area (Å²) in [5.41, 5.74) is 3.79. The highest BCUT2D eigenvalue weighted by atomic mass is 16.2. The summed E-state index contributed by atoms with van der Waals surface area (Å²) in [7, 11) is 0. The van der Waals surface area contributed by atoms with Crippen LogP contribution in [0.4, 0.5) is 0 Å². The number of aryl methyl sites for hydroxylation is 1. The zero-order chi connectivity index (χ0) is 19.8. The minimum atomic E-state index is -0.170. The number of amides is 1. The van der Waals surface area contributed by atoms with Crippen LogP contribution in [0.5, 0.6) is 0 Å². The Hall–Kier alpha value is -2.96. The van der Waals surface area contributed by atoms with Gasteiger partial charge in [0.05, 0.1) is 41.5 Å². The van der Waals surface area contributed by atoms with Crippen molar-refractivity contribution in [2.24, 2.45) is 11.3 Å². The third kappa shape index (κ3) is 2.30. The van der Waals surface area contributed by atoms with Gasteiger partial charge in [-0.25, -0.2) is 5.10 Å². The summed E-state index contributed by atoms with van der Waals surface area (Å²) in [5, 5.41) is 12.9. The molecule has 7 nitrogen and oxygen atoms in total. The maximum atomic E-state index is 13.1. The van der Waals surface area contributed by atoms with Crippen LogP contribution in [0.2, 0.25) is 0 Å². The Bertz CT molecular complexity index is 1210. The Balaban J connectivity index is 1.38. The van der Waals surface area contributed by atoms with Gasteiger partial charge in [-0.05, 0) is 49.3 Å². The standard InChI is InChI=1S/C22H23N5O2/c1-2-18-16-7-14(3-4-15(16)20(28)25-24-18)17-11-23-27-6-5-26(12-19(17)27)21(29)22-8-13(9-22)10-22/h3-4,7,11,13H,2,5-6,8-10,12H2,1H3,(H,25,28). The van der Waals surface area contributed by atoms with E-state index in [2.05, 4.69) is 15.3 Å². The molecule has 0 radical (unpaired) electrons. The fourth-order valence-corrected chi connectivity index (χ4v) is 5.39. The van der Waals surface area contributed by atoms with Crippen molar-refractivity contribution in [3.05, 3.63) is 46.1 Å². The van der Waals surface area contributed by atoms with Gasteiger partial charge in [-0.2, -0.15) is 10.2 Å². The van der Waals surface area contributed by atoms with E-state index in [1.54, 1.807) is 0 Å². The van der Waals surface area contributed by atoms with Crippen LogP contribution in [0.25, 0.3) is 21.9 Å². The van der Waals surface area contributed by atoms with Crippen molar-refractivity contribution >= 4 is 16.7 Å². The molecule has 148 valence electrons. The van der Waals surface area contributed by atoms with Crippen molar-refractivity contribution in [1.29, 1.82) is 0 Å². The number of fused-ring (bicyclic) bond motifs is 2. The summed E-state index contributed by atoms with van der Waals surface area (Å²) in [6.45, 7) is 4.10. The first kappa shape index (κ1) is 16.9. The number of carbonyl (C=O) groups is 1. The smallest absolute Gasteiger partial charge is 0.272 e. The van der Waals surface area contributed by atoms with E-state index in [1.807, 2.05) is 40.9 Å². The van der Waals surface area contributed by atoms with Crippen molar-refractivity contribution in [2.75, 3.05) is 6.54 Å². The van der Waals surface area contributed by atoms with Crippen molar-refractivity contribution < 1.29 is 4.79 Å². The summed E-state index contributed by atoms with van der Waals surface area (Å²) >= 11 is 0. The van der Waals surface area contributed by atoms with Gasteiger partial charge in [0.2, 0.25) is 5.91 Å². The van der Waals surface area contributed by atoms with Gasteiger partial charge < -0.3 is 4.90 Å². The second kappa shape index (κ2) is 5.78. The van der Waals surface area contributed by atoms with E-state index in [1.165, 1.54) is 0 Å². The lowest BCUT2D eigenvalue weighted by Gasteiger charge is -2.61. The molecule has 0 spiro atoms. The van der Waals surface area contributed by atoms with E-state index >= 15 is 0 Å². The van der Waals surface area contributed by atoms with Gasteiger partial charge in [0.15, 0.2) is 0 Å². The molecule has 3 aliphatic carbocycles. The van der Waals surface area contributed by atoms with Gasteiger partial charge in [-0.3, -0.25) is 14.3 Å². The fraction of sp³-hybridized carbons (Fsp3) is 0.455. The van der Waals surface area contributed by atoms with Crippen molar-refractivity contribution in [2.45, 2.75) is 45.7 Å². The minimum Gasteiger partial charge on any atom is -0.334 e. The first-order chi connectivity index (χ1) is 14.1. The highest BCUT2D eigenvalue weighted by Crippen LogP contribution is 2.65. The fourth-order valence-electron chi connectivity index (χ4n) is 5.39. The lowest BCUT2D eigenvalue weighted by Crippen LogP contribution is -2.61. The van der Waals surface area contributed by atoms with Gasteiger partial charge in [-0.1, -0.05) is 13.0 Å². The molecule has 1 amide bonds. The number of carbonyl (C=O) groups excluding carboxylic acids is 1. The summed E-state index contributed by atoms with van der Waals surface area (Å²) in [6, 6.07) is 5.87. The molecule has 3 saturated carbocycles. The summed E-state index contributed by atoms with van der Waals surface area (Å²) in [6.07, 6.45) is 5.88. The number of H-pyrrole nitrogens is 1. The lowest BCUT2D eigenvalue weighted by molar-refractivity contribution is -0.178. The highest BCUT2D eigenvalue weighted by Gasteiger charge is 2.62. The molecule has 2 bridgehead atoms. The number of nitrogens with one attached hydrogen (secondary N) is 1. The zero-order valence-corrected chi connectivity index (χ0v) is 16.4. The van der Waals surface area contributed by atoms with Gasteiger partial charge in [0, 0.05) is 17.5 Å². The van der Waals surface area contributed by atoms with E-state index in [4.69, 9.17) is 0 Å². The normalized spacial score (nSPS) is 24.7. The molecule has 0 saturated heterocycles. The molecule has 29 heavy (non-hydrogen) atoms. The van der Waals surface area contributed by atoms with Crippen molar-refractivity contribution in [3.63, 3.8) is 0 Å². The number of aromatic nitrogens is 4. The molecule has 4 aliphatic rings. The SMILES string of the molecule is CCc1n[nH]c(=O)c2ccc(-c3cnn4c3CN(C(=O)C35CC(C3)C5)CC4)cc12. The topological polar surface area (TPSA) is 83.9 Å². The lowest BCUT2D eigenvalue weighted by atomic mass is 9.44. The molecular formula is C22H23N5O2. The first-order valence-electron chi connectivity index (χ1n) is 10.4. The Morgan fingerprint density at radius 3 is 2.79 bits per heavy atom. The Kier molecular flexibility index (Phi) is 3.38. The molecular weight excluding hydrogens is 366 g/mol. The number of nitrogens with zero attached hydrogens (tertiary/aromatic N) is 4. The van der Waals surface area contributed by atoms with Gasteiger partial charge in [0.25, 0.3) is 5.56 Å². The quantitative estimate of drug-likeness (QED) is 0.746. The van der Waals surface area contributed by atoms with E-state index in [0.717, 1.165) is 72.6 Å². The Morgan fingerprint density at radius 1 is 1.24 bits per heavy atom. The summed E-state index contributed by atoms with van der Waals surface area (Å²) in [5.74, 6) is 1.13. The molecule has 3 fully saturated rings. The molecule has 1 aliphatic heterocycles. The van der Waals surface area contributed by atoms with Gasteiger partial charge in [-0.15, -0.1) is 0 Å². The number of hydrogen-bond donors (Lipinski definition) is 1. The zero-order valence-electron chi connectivity index (χ0n) is 16.4. The average Bonchev–Trinajstić information content (AvgIpc) is 3.09. The van der Waals surface area contributed by atoms with Gasteiger partial charge in [0.1, 0.15) is 0 Å².